The van der Waals surface area contributed by atoms with Crippen LogP contribution < -0.4 is 10.5 Å². The van der Waals surface area contributed by atoms with Crippen molar-refractivity contribution in [1.29, 1.82) is 0 Å². The zero-order chi connectivity index (χ0) is 23.5. The number of amides is 2. The van der Waals surface area contributed by atoms with Crippen LogP contribution in [0.5, 0.6) is 11.5 Å². The summed E-state index contributed by atoms with van der Waals surface area (Å²) in [6, 6.07) is 21.8. The number of carbonyl (C=O) groups is 2. The maximum Gasteiger partial charge on any atom is 0.248 e. The van der Waals surface area contributed by atoms with E-state index in [1.54, 1.807) is 35.2 Å². The first-order valence-corrected chi connectivity index (χ1v) is 10.9. The second kappa shape index (κ2) is 9.19. The predicted octanol–water partition coefficient (Wildman–Crippen LogP) is 4.42. The van der Waals surface area contributed by atoms with Crippen LogP contribution in [0.3, 0.4) is 0 Å². The molecule has 170 valence electrons. The molecule has 8 nitrogen and oxygen atoms in total. The Morgan fingerprint density at radius 2 is 1.68 bits per heavy atom. The van der Waals surface area contributed by atoms with Crippen molar-refractivity contribution in [2.75, 3.05) is 6.54 Å². The lowest BCUT2D eigenvalue weighted by atomic mass is 10.1. The molecule has 34 heavy (non-hydrogen) atoms. The zero-order valence-corrected chi connectivity index (χ0v) is 18.3. The van der Waals surface area contributed by atoms with E-state index in [1.807, 2.05) is 42.5 Å². The molecule has 2 heterocycles. The van der Waals surface area contributed by atoms with E-state index in [0.717, 1.165) is 23.1 Å². The van der Waals surface area contributed by atoms with Crippen LogP contribution in [0.25, 0.3) is 22.9 Å². The van der Waals surface area contributed by atoms with Gasteiger partial charge in [-0.1, -0.05) is 24.3 Å². The van der Waals surface area contributed by atoms with E-state index in [2.05, 4.69) is 10.2 Å². The third-order valence-corrected chi connectivity index (χ3v) is 5.66. The third kappa shape index (κ3) is 4.52. The van der Waals surface area contributed by atoms with E-state index in [1.165, 1.54) is 0 Å². The standard InChI is InChI=1S/C26H22N4O4/c27-24(32)19-8-9-20(16-30-14-4-7-23(30)31)22(15-19)33-21-12-10-18(11-13-21)26-29-28-25(34-26)17-5-2-1-3-6-17/h1-3,5-6,8-13,15H,4,7,14,16H2,(H2,27,32). The minimum Gasteiger partial charge on any atom is -0.457 e. The highest BCUT2D eigenvalue weighted by atomic mass is 16.5. The number of likely N-dealkylation sites (tertiary alicyclic amines) is 1. The number of benzene rings is 3. The van der Waals surface area contributed by atoms with Gasteiger partial charge in [0.1, 0.15) is 11.5 Å². The molecule has 2 N–H and O–H groups in total. The highest BCUT2D eigenvalue weighted by Crippen LogP contribution is 2.31. The number of carbonyl (C=O) groups excluding carboxylic acids is 2. The Labute approximate surface area is 196 Å². The highest BCUT2D eigenvalue weighted by Gasteiger charge is 2.22. The quantitative estimate of drug-likeness (QED) is 0.443. The Morgan fingerprint density at radius 1 is 0.971 bits per heavy atom. The van der Waals surface area contributed by atoms with Crippen molar-refractivity contribution >= 4 is 11.8 Å². The van der Waals surface area contributed by atoms with Crippen molar-refractivity contribution in [3.8, 4) is 34.4 Å². The van der Waals surface area contributed by atoms with Gasteiger partial charge in [0.15, 0.2) is 0 Å². The molecule has 1 aromatic heterocycles. The molecule has 0 aliphatic carbocycles. The summed E-state index contributed by atoms with van der Waals surface area (Å²) in [7, 11) is 0. The second-order valence-corrected chi connectivity index (χ2v) is 8.01. The minimum absolute atomic E-state index is 0.115. The summed E-state index contributed by atoms with van der Waals surface area (Å²) in [6.45, 7) is 1.12. The molecule has 4 aromatic rings. The molecular weight excluding hydrogens is 432 g/mol. The number of nitrogens with zero attached hydrogens (tertiary/aromatic N) is 3. The van der Waals surface area contributed by atoms with Gasteiger partial charge >= 0.3 is 0 Å². The van der Waals surface area contributed by atoms with Crippen molar-refractivity contribution in [3.63, 3.8) is 0 Å². The molecule has 1 aliphatic rings. The van der Waals surface area contributed by atoms with Gasteiger partial charge in [0.25, 0.3) is 0 Å². The van der Waals surface area contributed by atoms with Crippen LogP contribution in [-0.4, -0.2) is 33.5 Å². The zero-order valence-electron chi connectivity index (χ0n) is 18.3. The van der Waals surface area contributed by atoms with Crippen molar-refractivity contribution in [2.45, 2.75) is 19.4 Å². The van der Waals surface area contributed by atoms with Crippen molar-refractivity contribution in [1.82, 2.24) is 15.1 Å². The Hall–Kier alpha value is -4.46. The highest BCUT2D eigenvalue weighted by molar-refractivity contribution is 5.93. The molecule has 0 unspecified atom stereocenters. The Kier molecular flexibility index (Phi) is 5.78. The van der Waals surface area contributed by atoms with E-state index in [9.17, 15) is 9.59 Å². The van der Waals surface area contributed by atoms with Gasteiger partial charge in [-0.15, -0.1) is 10.2 Å². The van der Waals surface area contributed by atoms with Crippen molar-refractivity contribution in [3.05, 3.63) is 83.9 Å². The molecule has 0 spiro atoms. The second-order valence-electron chi connectivity index (χ2n) is 8.01. The fourth-order valence-corrected chi connectivity index (χ4v) is 3.84. The maximum atomic E-state index is 12.1. The molecule has 1 fully saturated rings. The van der Waals surface area contributed by atoms with E-state index in [-0.39, 0.29) is 5.91 Å². The number of hydrogen-bond acceptors (Lipinski definition) is 6. The van der Waals surface area contributed by atoms with Crippen LogP contribution in [0.15, 0.2) is 77.2 Å². The van der Waals surface area contributed by atoms with Gasteiger partial charge in [0.2, 0.25) is 23.6 Å². The summed E-state index contributed by atoms with van der Waals surface area (Å²) >= 11 is 0. The van der Waals surface area contributed by atoms with Crippen molar-refractivity contribution < 1.29 is 18.7 Å². The summed E-state index contributed by atoms with van der Waals surface area (Å²) in [5.41, 5.74) is 8.19. The lowest BCUT2D eigenvalue weighted by molar-refractivity contribution is -0.128. The van der Waals surface area contributed by atoms with Gasteiger partial charge in [0, 0.05) is 41.8 Å². The van der Waals surface area contributed by atoms with Crippen LogP contribution in [0, 0.1) is 0 Å². The van der Waals surface area contributed by atoms with Crippen LogP contribution in [0.4, 0.5) is 0 Å². The molecule has 0 atom stereocenters. The number of primary amides is 1. The average Bonchev–Trinajstić information content (AvgIpc) is 3.51. The van der Waals surface area contributed by atoms with E-state index in [0.29, 0.717) is 48.4 Å². The Morgan fingerprint density at radius 3 is 2.32 bits per heavy atom. The molecule has 8 heteroatoms. The smallest absolute Gasteiger partial charge is 0.248 e. The summed E-state index contributed by atoms with van der Waals surface area (Å²) < 4.78 is 11.9. The fraction of sp³-hybridized carbons (Fsp3) is 0.154. The van der Waals surface area contributed by atoms with E-state index < -0.39 is 5.91 Å². The monoisotopic (exact) mass is 454 g/mol. The number of ether oxygens (including phenoxy) is 1. The summed E-state index contributed by atoms with van der Waals surface area (Å²) in [5, 5.41) is 8.26. The SMILES string of the molecule is NC(=O)c1ccc(CN2CCCC2=O)c(Oc2ccc(-c3nnc(-c4ccccc4)o3)cc2)c1. The topological polar surface area (TPSA) is 112 Å². The fourth-order valence-electron chi connectivity index (χ4n) is 3.84. The van der Waals surface area contributed by atoms with E-state index >= 15 is 0 Å². The number of rotatable bonds is 7. The molecule has 1 saturated heterocycles. The molecule has 2 amide bonds. The van der Waals surface area contributed by atoms with Crippen LogP contribution in [-0.2, 0) is 11.3 Å². The minimum atomic E-state index is -0.547. The first-order chi connectivity index (χ1) is 16.6. The number of nitrogens with two attached hydrogens (primary N) is 1. The van der Waals surface area contributed by atoms with Crippen LogP contribution in [0.2, 0.25) is 0 Å². The average molecular weight is 454 g/mol. The van der Waals surface area contributed by atoms with E-state index in [4.69, 9.17) is 14.9 Å². The molecule has 0 radical (unpaired) electrons. The van der Waals surface area contributed by atoms with Crippen LogP contribution in [0.1, 0.15) is 28.8 Å². The summed E-state index contributed by atoms with van der Waals surface area (Å²) in [4.78, 5) is 25.6. The molecule has 1 aliphatic heterocycles. The van der Waals surface area contributed by atoms with Gasteiger partial charge in [-0.3, -0.25) is 9.59 Å². The van der Waals surface area contributed by atoms with Gasteiger partial charge in [-0.05, 0) is 55.0 Å². The summed E-state index contributed by atoms with van der Waals surface area (Å²) in [5.74, 6) is 1.45. The van der Waals surface area contributed by atoms with Gasteiger partial charge in [0.05, 0.1) is 0 Å². The van der Waals surface area contributed by atoms with Crippen molar-refractivity contribution in [2.24, 2.45) is 5.73 Å². The molecule has 0 bridgehead atoms. The first kappa shape index (κ1) is 21.4. The van der Waals surface area contributed by atoms with Crippen LogP contribution >= 0.6 is 0 Å². The largest absolute Gasteiger partial charge is 0.457 e. The molecule has 3 aromatic carbocycles. The van der Waals surface area contributed by atoms with Gasteiger partial charge < -0.3 is 19.8 Å². The summed E-state index contributed by atoms with van der Waals surface area (Å²) in [6.07, 6.45) is 1.40. The molecule has 5 rings (SSSR count). The molecular formula is C26H22N4O4. The lowest BCUT2D eigenvalue weighted by Gasteiger charge is -2.19. The predicted molar refractivity (Wildman–Crippen MR) is 125 cm³/mol. The number of hydrogen-bond donors (Lipinski definition) is 1. The maximum absolute atomic E-state index is 12.1. The Bertz CT molecular complexity index is 1330. The molecule has 0 saturated carbocycles. The Balaban J connectivity index is 1.37. The normalized spacial score (nSPS) is 13.3. The lowest BCUT2D eigenvalue weighted by Crippen LogP contribution is -2.24. The number of aromatic nitrogens is 2. The third-order valence-electron chi connectivity index (χ3n) is 5.66. The van der Waals surface area contributed by atoms with Gasteiger partial charge in [-0.25, -0.2) is 0 Å². The van der Waals surface area contributed by atoms with Gasteiger partial charge in [-0.2, -0.15) is 0 Å². The first-order valence-electron chi connectivity index (χ1n) is 10.9.